The topological polar surface area (TPSA) is 69.6 Å². The zero-order valence-corrected chi connectivity index (χ0v) is 39.1. The van der Waals surface area contributed by atoms with Gasteiger partial charge in [0.25, 0.3) is 0 Å². The molecule has 10 aromatic rings. The lowest BCUT2D eigenvalue weighted by Crippen LogP contribution is -2.13. The third-order valence-electron chi connectivity index (χ3n) is 13.9. The fourth-order valence-electron chi connectivity index (χ4n) is 9.50. The molecule has 4 aromatic heterocycles. The first-order valence-electron chi connectivity index (χ1n) is 22.9. The van der Waals surface area contributed by atoms with Crippen molar-refractivity contribution in [2.75, 3.05) is 9.80 Å². The maximum atomic E-state index is 3.88. The molecule has 326 valence electrons. The average Bonchev–Trinajstić information content (AvgIpc) is 4.04. The molecule has 0 unspecified atom stereocenters. The van der Waals surface area contributed by atoms with Crippen LogP contribution in [0.2, 0.25) is 0 Å². The van der Waals surface area contributed by atoms with Crippen LogP contribution in [0.4, 0.5) is 34.6 Å². The molecule has 0 amide bonds. The Kier molecular flexibility index (Phi) is 11.0. The van der Waals surface area contributed by atoms with E-state index in [-0.39, 0.29) is 0 Å². The van der Waals surface area contributed by atoms with Gasteiger partial charge in [0.15, 0.2) is 0 Å². The highest BCUT2D eigenvalue weighted by Gasteiger charge is 2.27. The Bertz CT molecular complexity index is 2890. The summed E-state index contributed by atoms with van der Waals surface area (Å²) in [6.45, 7) is 17.7. The van der Waals surface area contributed by atoms with E-state index in [1.165, 1.54) is 66.8 Å². The van der Waals surface area contributed by atoms with E-state index in [2.05, 4.69) is 255 Å². The van der Waals surface area contributed by atoms with Gasteiger partial charge in [-0.25, -0.2) is 0 Å². The molecule has 0 atom stereocenters. The maximum absolute atomic E-state index is 3.88. The lowest BCUT2D eigenvalue weighted by Gasteiger charge is -2.25. The molecule has 4 heterocycles. The highest BCUT2D eigenvalue weighted by Crippen LogP contribution is 2.46. The smallest absolute Gasteiger partial charge is 0.119 e. The Hall–Kier alpha value is -7.96. The fourth-order valence-corrected chi connectivity index (χ4v) is 9.50. The van der Waals surface area contributed by atoms with Crippen molar-refractivity contribution in [1.29, 1.82) is 0 Å². The first kappa shape index (κ1) is 42.0. The number of aromatic amines is 4. The first-order valence-corrected chi connectivity index (χ1v) is 22.9. The van der Waals surface area contributed by atoms with Crippen molar-refractivity contribution >= 4 is 34.6 Å². The van der Waals surface area contributed by atoms with E-state index in [0.29, 0.717) is 0 Å². The molecule has 0 saturated carbocycles. The number of rotatable bonds is 11. The van der Waals surface area contributed by atoms with Gasteiger partial charge in [-0.15, -0.1) is 0 Å². The normalized spacial score (nSPS) is 11.3. The Labute approximate surface area is 388 Å². The molecule has 0 fully saturated rings. The van der Waals surface area contributed by atoms with Crippen LogP contribution >= 0.6 is 0 Å². The Morgan fingerprint density at radius 3 is 0.652 bits per heavy atom. The summed E-state index contributed by atoms with van der Waals surface area (Å²) in [4.78, 5) is 20.3. The zero-order chi connectivity index (χ0) is 45.6. The van der Waals surface area contributed by atoms with Crippen LogP contribution in [-0.4, -0.2) is 19.9 Å². The van der Waals surface area contributed by atoms with Crippen LogP contribution in [0.25, 0.3) is 56.2 Å². The van der Waals surface area contributed by atoms with E-state index in [1.54, 1.807) is 0 Å². The van der Waals surface area contributed by atoms with Crippen LogP contribution in [0, 0.1) is 55.4 Å². The van der Waals surface area contributed by atoms with Crippen molar-refractivity contribution in [3.05, 3.63) is 214 Å². The molecule has 0 aliphatic heterocycles. The van der Waals surface area contributed by atoms with Gasteiger partial charge in [0.2, 0.25) is 0 Å². The van der Waals surface area contributed by atoms with E-state index >= 15 is 0 Å². The standard InChI is InChI=1S/C60H56N6/c1-37-41(5)57(61-53(37)47-21-13-9-14-22-47)65(58-42(6)38(2)54(62-58)48-23-15-10-16-24-48)51-33-29-45(30-34-51)46-31-35-52(36-32-46)66(59-43(7)39(3)55(63-59)49-25-17-11-18-26-49)60-44(8)40(4)56(64-60)50-27-19-12-20-28-50/h9-36,61-64H,1-8H3. The van der Waals surface area contributed by atoms with Crippen molar-refractivity contribution in [2.24, 2.45) is 0 Å². The van der Waals surface area contributed by atoms with Gasteiger partial charge in [0.1, 0.15) is 23.3 Å². The van der Waals surface area contributed by atoms with Crippen molar-refractivity contribution < 1.29 is 0 Å². The molecular weight excluding hydrogens is 805 g/mol. The summed E-state index contributed by atoms with van der Waals surface area (Å²) in [5.74, 6) is 4.18. The maximum Gasteiger partial charge on any atom is 0.119 e. The number of nitrogens with zero attached hydrogens (tertiary/aromatic N) is 2. The zero-order valence-electron chi connectivity index (χ0n) is 39.1. The summed E-state index contributed by atoms with van der Waals surface area (Å²) < 4.78 is 0. The molecule has 0 spiro atoms. The summed E-state index contributed by atoms with van der Waals surface area (Å²) in [6, 6.07) is 60.5. The third-order valence-corrected chi connectivity index (χ3v) is 13.9. The predicted molar refractivity (Wildman–Crippen MR) is 278 cm³/mol. The number of nitrogens with one attached hydrogen (secondary N) is 4. The number of hydrogen-bond acceptors (Lipinski definition) is 2. The summed E-state index contributed by atoms with van der Waals surface area (Å²) in [6.07, 6.45) is 0. The molecule has 4 N–H and O–H groups in total. The highest BCUT2D eigenvalue weighted by molar-refractivity contribution is 5.87. The minimum atomic E-state index is 1.04. The second kappa shape index (κ2) is 17.2. The number of benzene rings is 6. The molecule has 6 heteroatoms. The van der Waals surface area contributed by atoms with Crippen molar-refractivity contribution in [1.82, 2.24) is 19.9 Å². The summed E-state index contributed by atoms with van der Waals surface area (Å²) in [7, 11) is 0. The van der Waals surface area contributed by atoms with Gasteiger partial charge in [0.05, 0.1) is 22.8 Å². The van der Waals surface area contributed by atoms with Crippen LogP contribution in [0.5, 0.6) is 0 Å². The second-order valence-electron chi connectivity index (χ2n) is 17.6. The fraction of sp³-hybridized carbons (Fsp3) is 0.133. The Morgan fingerprint density at radius 1 is 0.227 bits per heavy atom. The van der Waals surface area contributed by atoms with E-state index in [9.17, 15) is 0 Å². The Balaban J connectivity index is 1.05. The van der Waals surface area contributed by atoms with Gasteiger partial charge < -0.3 is 19.9 Å². The van der Waals surface area contributed by atoms with Gasteiger partial charge in [0, 0.05) is 11.4 Å². The van der Waals surface area contributed by atoms with E-state index in [4.69, 9.17) is 0 Å². The van der Waals surface area contributed by atoms with Gasteiger partial charge >= 0.3 is 0 Å². The molecule has 10 rings (SSSR count). The van der Waals surface area contributed by atoms with Crippen molar-refractivity contribution in [3.8, 4) is 56.2 Å². The second-order valence-corrected chi connectivity index (χ2v) is 17.6. The molecule has 0 aliphatic carbocycles. The van der Waals surface area contributed by atoms with Gasteiger partial charge in [-0.1, -0.05) is 146 Å². The number of hydrogen-bond donors (Lipinski definition) is 4. The summed E-state index contributed by atoms with van der Waals surface area (Å²) >= 11 is 0. The number of aromatic nitrogens is 4. The van der Waals surface area contributed by atoms with Gasteiger partial charge in [-0.2, -0.15) is 0 Å². The molecule has 6 aromatic carbocycles. The molecule has 0 saturated heterocycles. The Morgan fingerprint density at radius 2 is 0.439 bits per heavy atom. The monoisotopic (exact) mass is 860 g/mol. The molecule has 0 bridgehead atoms. The van der Waals surface area contributed by atoms with Crippen LogP contribution in [-0.2, 0) is 0 Å². The van der Waals surface area contributed by atoms with Crippen molar-refractivity contribution in [3.63, 3.8) is 0 Å². The molecular formula is C60H56N6. The highest BCUT2D eigenvalue weighted by atomic mass is 15.3. The SMILES string of the molecule is Cc1c(-c2ccccc2)[nH]c(N(c2ccc(-c3ccc(N(c4[nH]c(-c5ccccc5)c(C)c4C)c4[nH]c(-c5ccccc5)c(C)c4C)cc3)cc2)c2[nH]c(-c3ccccc3)c(C)c2C)c1C. The van der Waals surface area contributed by atoms with E-state index in [0.717, 1.165) is 68.5 Å². The van der Waals surface area contributed by atoms with E-state index < -0.39 is 0 Å². The average molecular weight is 861 g/mol. The minimum absolute atomic E-state index is 1.04. The van der Waals surface area contributed by atoms with Crippen LogP contribution in [0.3, 0.4) is 0 Å². The molecule has 66 heavy (non-hydrogen) atoms. The van der Waals surface area contributed by atoms with Crippen LogP contribution in [0.15, 0.2) is 170 Å². The number of H-pyrrole nitrogens is 4. The summed E-state index contributed by atoms with van der Waals surface area (Å²) in [5, 5.41) is 0. The lowest BCUT2D eigenvalue weighted by atomic mass is 10.0. The largest absolute Gasteiger partial charge is 0.340 e. The quantitative estimate of drug-likeness (QED) is 0.105. The molecule has 0 aliphatic rings. The van der Waals surface area contributed by atoms with Crippen LogP contribution < -0.4 is 9.80 Å². The minimum Gasteiger partial charge on any atom is -0.340 e. The van der Waals surface area contributed by atoms with Gasteiger partial charge in [-0.05, 0) is 158 Å². The third kappa shape index (κ3) is 7.34. The predicted octanol–water partition coefficient (Wildman–Crippen LogP) is 16.7. The number of anilines is 6. The molecule has 0 radical (unpaired) electrons. The van der Waals surface area contributed by atoms with Gasteiger partial charge in [-0.3, -0.25) is 9.80 Å². The van der Waals surface area contributed by atoms with E-state index in [1.807, 2.05) is 0 Å². The van der Waals surface area contributed by atoms with Crippen LogP contribution in [0.1, 0.15) is 44.5 Å². The van der Waals surface area contributed by atoms with Crippen molar-refractivity contribution in [2.45, 2.75) is 55.4 Å². The summed E-state index contributed by atoms with van der Waals surface area (Å²) in [5.41, 5.74) is 23.4. The molecule has 6 nitrogen and oxygen atoms in total. The lowest BCUT2D eigenvalue weighted by molar-refractivity contribution is 1.14. The first-order chi connectivity index (χ1) is 32.1.